The van der Waals surface area contributed by atoms with Crippen molar-refractivity contribution < 1.29 is 23.9 Å². The average Bonchev–Trinajstić information content (AvgIpc) is 2.94. The number of carbonyl (C=O) groups excluding carboxylic acids is 3. The number of nitrogens with one attached hydrogen (secondary N) is 2. The fourth-order valence-electron chi connectivity index (χ4n) is 3.12. The van der Waals surface area contributed by atoms with E-state index in [0.29, 0.717) is 23.4 Å². The summed E-state index contributed by atoms with van der Waals surface area (Å²) in [7, 11) is 0. The lowest BCUT2D eigenvalue weighted by molar-refractivity contribution is -0.142. The van der Waals surface area contributed by atoms with Crippen molar-refractivity contribution in [1.29, 1.82) is 0 Å². The summed E-state index contributed by atoms with van der Waals surface area (Å²) in [4.78, 5) is 41.3. The number of hydrogen-bond donors (Lipinski definition) is 2. The Labute approximate surface area is 186 Å². The van der Waals surface area contributed by atoms with Crippen molar-refractivity contribution in [2.45, 2.75) is 33.8 Å². The number of benzene rings is 2. The molecule has 0 atom stereocenters. The van der Waals surface area contributed by atoms with Crippen molar-refractivity contribution in [3.63, 3.8) is 0 Å². The van der Waals surface area contributed by atoms with Gasteiger partial charge in [0.15, 0.2) is 0 Å². The zero-order chi connectivity index (χ0) is 23.1. The summed E-state index contributed by atoms with van der Waals surface area (Å²) in [5.41, 5.74) is 3.22. The van der Waals surface area contributed by atoms with Crippen LogP contribution in [0.5, 0.6) is 0 Å². The molecule has 0 radical (unpaired) electrons. The quantitative estimate of drug-likeness (QED) is 0.668. The number of aliphatic imine (C=N–C) groups is 1. The Morgan fingerprint density at radius 3 is 2.38 bits per heavy atom. The van der Waals surface area contributed by atoms with E-state index >= 15 is 0 Å². The molecule has 166 valence electrons. The molecule has 1 heterocycles. The maximum absolute atomic E-state index is 13.0. The molecule has 0 bridgehead atoms. The molecule has 0 aliphatic carbocycles. The Balaban J connectivity index is 1.93. The van der Waals surface area contributed by atoms with E-state index in [4.69, 9.17) is 9.47 Å². The van der Waals surface area contributed by atoms with Crippen molar-refractivity contribution >= 4 is 35.1 Å². The standard InChI is InChI=1S/C24H25N3O5/c1-4-18-21(24(30)31-5-2)22(26-20-9-7-6-8-19(20)25-18)27-23(29)17-12-10-16(11-13-17)14-32-15(3)28/h6-13,25H,4-5,14H2,1-3H3,(H,26,27,29). The molecule has 8 heteroatoms. The minimum atomic E-state index is -0.569. The number of allylic oxidation sites excluding steroid dienone is 1. The highest BCUT2D eigenvalue weighted by atomic mass is 16.5. The number of rotatable bonds is 6. The summed E-state index contributed by atoms with van der Waals surface area (Å²) in [6.45, 7) is 5.27. The number of amides is 1. The van der Waals surface area contributed by atoms with Gasteiger partial charge in [-0.2, -0.15) is 0 Å². The third-order valence-corrected chi connectivity index (χ3v) is 4.68. The molecule has 32 heavy (non-hydrogen) atoms. The molecule has 2 aromatic carbocycles. The summed E-state index contributed by atoms with van der Waals surface area (Å²) in [5, 5.41) is 6.01. The van der Waals surface area contributed by atoms with Crippen LogP contribution in [0.4, 0.5) is 11.4 Å². The first-order valence-corrected chi connectivity index (χ1v) is 10.3. The van der Waals surface area contributed by atoms with Gasteiger partial charge >= 0.3 is 11.9 Å². The van der Waals surface area contributed by atoms with Gasteiger partial charge < -0.3 is 20.1 Å². The van der Waals surface area contributed by atoms with Crippen molar-refractivity contribution in [1.82, 2.24) is 5.32 Å². The van der Waals surface area contributed by atoms with Gasteiger partial charge in [-0.25, -0.2) is 9.79 Å². The molecular formula is C24H25N3O5. The Bertz CT molecular complexity index is 1090. The van der Waals surface area contributed by atoms with Crippen LogP contribution in [0, 0.1) is 0 Å². The predicted molar refractivity (Wildman–Crippen MR) is 120 cm³/mol. The van der Waals surface area contributed by atoms with Crippen molar-refractivity contribution in [2.75, 3.05) is 11.9 Å². The molecule has 1 aliphatic heterocycles. The van der Waals surface area contributed by atoms with E-state index in [2.05, 4.69) is 15.6 Å². The largest absolute Gasteiger partial charge is 0.462 e. The summed E-state index contributed by atoms with van der Waals surface area (Å²) in [6, 6.07) is 14.0. The lowest BCUT2D eigenvalue weighted by Crippen LogP contribution is -2.35. The van der Waals surface area contributed by atoms with Gasteiger partial charge in [0.25, 0.3) is 5.91 Å². The minimum absolute atomic E-state index is 0.117. The first kappa shape index (κ1) is 22.7. The molecule has 3 rings (SSSR count). The third kappa shape index (κ3) is 5.40. The molecule has 0 spiro atoms. The van der Waals surface area contributed by atoms with Gasteiger partial charge in [-0.15, -0.1) is 0 Å². The van der Waals surface area contributed by atoms with Crippen LogP contribution in [0.2, 0.25) is 0 Å². The van der Waals surface area contributed by atoms with Crippen LogP contribution in [-0.2, 0) is 25.7 Å². The number of carbonyl (C=O) groups is 3. The molecule has 0 aromatic heterocycles. The van der Waals surface area contributed by atoms with Crippen LogP contribution in [-0.4, -0.2) is 30.3 Å². The fourth-order valence-corrected chi connectivity index (χ4v) is 3.12. The minimum Gasteiger partial charge on any atom is -0.462 e. The number of anilines is 1. The molecule has 0 unspecified atom stereocenters. The highest BCUT2D eigenvalue weighted by Gasteiger charge is 2.27. The van der Waals surface area contributed by atoms with Crippen LogP contribution < -0.4 is 10.6 Å². The first-order valence-electron chi connectivity index (χ1n) is 10.3. The number of hydrogen-bond acceptors (Lipinski definition) is 7. The molecule has 2 N–H and O–H groups in total. The van der Waals surface area contributed by atoms with Gasteiger partial charge in [-0.1, -0.05) is 31.2 Å². The molecule has 1 amide bonds. The summed E-state index contributed by atoms with van der Waals surface area (Å²) in [6.07, 6.45) is 0.502. The van der Waals surface area contributed by atoms with E-state index in [1.165, 1.54) is 6.92 Å². The van der Waals surface area contributed by atoms with Gasteiger partial charge in [-0.05, 0) is 43.2 Å². The van der Waals surface area contributed by atoms with Crippen molar-refractivity contribution in [3.05, 3.63) is 70.9 Å². The van der Waals surface area contributed by atoms with Crippen molar-refractivity contribution in [3.8, 4) is 0 Å². The SMILES string of the molecule is CCOC(=O)C1=C(CC)Nc2ccccc2N=C1NC(=O)c1ccc(COC(C)=O)cc1. The molecule has 8 nitrogen and oxygen atoms in total. The summed E-state index contributed by atoms with van der Waals surface area (Å²) < 4.78 is 10.2. The summed E-state index contributed by atoms with van der Waals surface area (Å²) >= 11 is 0. The van der Waals surface area contributed by atoms with Crippen LogP contribution >= 0.6 is 0 Å². The summed E-state index contributed by atoms with van der Waals surface area (Å²) in [5.74, 6) is -1.26. The topological polar surface area (TPSA) is 106 Å². The van der Waals surface area contributed by atoms with E-state index in [-0.39, 0.29) is 30.6 Å². The number of nitrogens with zero attached hydrogens (tertiary/aromatic N) is 1. The molecule has 0 saturated heterocycles. The second-order valence-corrected chi connectivity index (χ2v) is 6.96. The number of amidine groups is 1. The van der Waals surface area contributed by atoms with E-state index < -0.39 is 11.9 Å². The van der Waals surface area contributed by atoms with E-state index in [1.807, 2.05) is 25.1 Å². The number of fused-ring (bicyclic) bond motifs is 1. The third-order valence-electron chi connectivity index (χ3n) is 4.68. The second-order valence-electron chi connectivity index (χ2n) is 6.96. The smallest absolute Gasteiger partial charge is 0.343 e. The fraction of sp³-hybridized carbons (Fsp3) is 0.250. The normalized spacial score (nSPS) is 12.7. The Kier molecular flexibility index (Phi) is 7.38. The molecule has 1 aliphatic rings. The van der Waals surface area contributed by atoms with E-state index in [9.17, 15) is 14.4 Å². The average molecular weight is 435 g/mol. The van der Waals surface area contributed by atoms with Gasteiger partial charge in [0, 0.05) is 18.2 Å². The lowest BCUT2D eigenvalue weighted by atomic mass is 10.1. The molecule has 0 saturated carbocycles. The Morgan fingerprint density at radius 2 is 1.72 bits per heavy atom. The zero-order valence-corrected chi connectivity index (χ0v) is 18.2. The van der Waals surface area contributed by atoms with Crippen LogP contribution in [0.1, 0.15) is 43.1 Å². The maximum Gasteiger partial charge on any atom is 0.343 e. The zero-order valence-electron chi connectivity index (χ0n) is 18.2. The predicted octanol–water partition coefficient (Wildman–Crippen LogP) is 3.86. The molecular weight excluding hydrogens is 410 g/mol. The van der Waals surface area contributed by atoms with Crippen molar-refractivity contribution in [2.24, 2.45) is 4.99 Å². The highest BCUT2D eigenvalue weighted by molar-refractivity contribution is 6.25. The highest BCUT2D eigenvalue weighted by Crippen LogP contribution is 2.31. The van der Waals surface area contributed by atoms with Crippen LogP contribution in [0.3, 0.4) is 0 Å². The van der Waals surface area contributed by atoms with E-state index in [0.717, 1.165) is 11.3 Å². The van der Waals surface area contributed by atoms with Crippen LogP contribution in [0.25, 0.3) is 0 Å². The van der Waals surface area contributed by atoms with Crippen LogP contribution in [0.15, 0.2) is 64.8 Å². The van der Waals surface area contributed by atoms with Gasteiger partial charge in [0.05, 0.1) is 18.0 Å². The van der Waals surface area contributed by atoms with Gasteiger partial charge in [0.2, 0.25) is 0 Å². The van der Waals surface area contributed by atoms with E-state index in [1.54, 1.807) is 37.3 Å². The first-order chi connectivity index (χ1) is 15.4. The van der Waals surface area contributed by atoms with Gasteiger partial charge in [-0.3, -0.25) is 9.59 Å². The van der Waals surface area contributed by atoms with Gasteiger partial charge in [0.1, 0.15) is 18.0 Å². The Hall–Kier alpha value is -3.94. The molecule has 0 fully saturated rings. The number of para-hydroxylation sites is 2. The monoisotopic (exact) mass is 435 g/mol. The molecule has 2 aromatic rings. The lowest BCUT2D eigenvalue weighted by Gasteiger charge is -2.15. The number of esters is 2. The second kappa shape index (κ2) is 10.4. The number of ether oxygens (including phenoxy) is 2. The Morgan fingerprint density at radius 1 is 1.00 bits per heavy atom. The maximum atomic E-state index is 13.0.